The third-order valence-corrected chi connectivity index (χ3v) is 3.66. The number of carbonyl (C=O) groups excluding carboxylic acids is 3. The molecule has 3 amide bonds. The van der Waals surface area contributed by atoms with Crippen LogP contribution in [0.3, 0.4) is 0 Å². The van der Waals surface area contributed by atoms with Gasteiger partial charge in [0.15, 0.2) is 6.61 Å². The Morgan fingerprint density at radius 3 is 2.52 bits per heavy atom. The van der Waals surface area contributed by atoms with Crippen LogP contribution in [0, 0.1) is 0 Å². The number of thioether (sulfide) groups is 1. The van der Waals surface area contributed by atoms with Crippen molar-refractivity contribution >= 4 is 34.9 Å². The summed E-state index contributed by atoms with van der Waals surface area (Å²) in [5.74, 6) is -0.318. The minimum Gasteiger partial charge on any atom is -0.484 e. The summed E-state index contributed by atoms with van der Waals surface area (Å²) in [6.45, 7) is 1.93. The highest BCUT2D eigenvalue weighted by molar-refractivity contribution is 8.18. The summed E-state index contributed by atoms with van der Waals surface area (Å²) in [4.78, 5) is 35.7. The zero-order valence-electron chi connectivity index (χ0n) is 11.4. The van der Waals surface area contributed by atoms with Crippen molar-refractivity contribution in [3.05, 3.63) is 34.7 Å². The largest absolute Gasteiger partial charge is 0.484 e. The lowest BCUT2D eigenvalue weighted by molar-refractivity contribution is -0.122. The van der Waals surface area contributed by atoms with E-state index in [1.807, 2.05) is 0 Å². The molecule has 1 aromatic rings. The lowest BCUT2D eigenvalue weighted by Crippen LogP contribution is -2.27. The number of ether oxygens (including phenoxy) is 1. The maximum absolute atomic E-state index is 11.9. The third-order valence-electron chi connectivity index (χ3n) is 2.75. The molecule has 21 heavy (non-hydrogen) atoms. The zero-order valence-corrected chi connectivity index (χ0v) is 12.2. The second-order valence-electron chi connectivity index (χ2n) is 4.25. The predicted octanol–water partition coefficient (Wildman–Crippen LogP) is 1.61. The van der Waals surface area contributed by atoms with Crippen LogP contribution < -0.4 is 10.5 Å². The summed E-state index contributed by atoms with van der Waals surface area (Å²) >= 11 is 0.926. The first-order valence-electron chi connectivity index (χ1n) is 6.27. The Bertz CT molecular complexity index is 610. The molecule has 6 nitrogen and oxygen atoms in total. The van der Waals surface area contributed by atoms with Crippen LogP contribution in [0.4, 0.5) is 4.79 Å². The molecule has 0 aromatic heterocycles. The van der Waals surface area contributed by atoms with Gasteiger partial charge in [0.1, 0.15) is 5.75 Å². The Morgan fingerprint density at radius 2 is 2.00 bits per heavy atom. The fourth-order valence-electron chi connectivity index (χ4n) is 1.74. The molecule has 1 aliphatic heterocycles. The van der Waals surface area contributed by atoms with Crippen LogP contribution in [0.15, 0.2) is 29.2 Å². The molecule has 0 spiro atoms. The Kier molecular flexibility index (Phi) is 4.64. The summed E-state index contributed by atoms with van der Waals surface area (Å²) in [6, 6.07) is 6.80. The van der Waals surface area contributed by atoms with E-state index < -0.39 is 5.91 Å². The molecule has 0 bridgehead atoms. The van der Waals surface area contributed by atoms with Crippen molar-refractivity contribution in [1.82, 2.24) is 4.90 Å². The van der Waals surface area contributed by atoms with Crippen LogP contribution in [-0.2, 0) is 9.59 Å². The van der Waals surface area contributed by atoms with Crippen molar-refractivity contribution in [2.75, 3.05) is 13.2 Å². The average Bonchev–Trinajstić information content (AvgIpc) is 2.72. The number of nitrogens with two attached hydrogens (primary N) is 1. The molecule has 7 heteroatoms. The number of carbonyl (C=O) groups is 3. The van der Waals surface area contributed by atoms with Crippen molar-refractivity contribution in [2.45, 2.75) is 6.92 Å². The normalized spacial score (nSPS) is 16.6. The molecule has 1 saturated heterocycles. The number of hydrogen-bond donors (Lipinski definition) is 1. The SMILES string of the molecule is CCN1C(=O)SC(=Cc2ccc(OCC(N)=O)cc2)C1=O. The third kappa shape index (κ3) is 3.63. The van der Waals surface area contributed by atoms with Crippen molar-refractivity contribution in [3.63, 3.8) is 0 Å². The Hall–Kier alpha value is -2.28. The number of nitrogens with zero attached hydrogens (tertiary/aromatic N) is 1. The molecular weight excluding hydrogens is 292 g/mol. The summed E-state index contributed by atoms with van der Waals surface area (Å²) in [5, 5.41) is -0.254. The standard InChI is InChI=1S/C14H14N2O4S/c1-2-16-13(18)11(21-14(16)19)7-9-3-5-10(6-4-9)20-8-12(15)17/h3-7H,2,8H2,1H3,(H2,15,17). The molecule has 0 radical (unpaired) electrons. The van der Waals surface area contributed by atoms with E-state index >= 15 is 0 Å². The molecule has 0 atom stereocenters. The molecule has 2 rings (SSSR count). The van der Waals surface area contributed by atoms with E-state index in [4.69, 9.17) is 10.5 Å². The number of imide groups is 1. The molecule has 1 fully saturated rings. The van der Waals surface area contributed by atoms with Gasteiger partial charge in [0, 0.05) is 6.54 Å². The molecular formula is C14H14N2O4S. The molecule has 0 saturated carbocycles. The van der Waals surface area contributed by atoms with Crippen molar-refractivity contribution < 1.29 is 19.1 Å². The lowest BCUT2D eigenvalue weighted by atomic mass is 10.2. The van der Waals surface area contributed by atoms with E-state index in [1.54, 1.807) is 37.3 Å². The first-order valence-corrected chi connectivity index (χ1v) is 7.09. The van der Waals surface area contributed by atoms with Crippen LogP contribution >= 0.6 is 11.8 Å². The van der Waals surface area contributed by atoms with Gasteiger partial charge in [-0.15, -0.1) is 0 Å². The van der Waals surface area contributed by atoms with Crippen LogP contribution in [0.1, 0.15) is 12.5 Å². The van der Waals surface area contributed by atoms with Gasteiger partial charge >= 0.3 is 0 Å². The van der Waals surface area contributed by atoms with E-state index in [0.29, 0.717) is 17.2 Å². The van der Waals surface area contributed by atoms with Gasteiger partial charge < -0.3 is 10.5 Å². The number of benzene rings is 1. The van der Waals surface area contributed by atoms with Crippen LogP contribution in [0.25, 0.3) is 6.08 Å². The second-order valence-corrected chi connectivity index (χ2v) is 5.24. The quantitative estimate of drug-likeness (QED) is 0.835. The van der Waals surface area contributed by atoms with E-state index in [9.17, 15) is 14.4 Å². The zero-order chi connectivity index (χ0) is 15.4. The highest BCUT2D eigenvalue weighted by Gasteiger charge is 2.33. The van der Waals surface area contributed by atoms with Crippen molar-refractivity contribution in [2.24, 2.45) is 5.73 Å². The lowest BCUT2D eigenvalue weighted by Gasteiger charge is -2.07. The number of primary amides is 1. The van der Waals surface area contributed by atoms with Gasteiger partial charge in [-0.3, -0.25) is 19.3 Å². The molecule has 1 aromatic carbocycles. The molecule has 110 valence electrons. The topological polar surface area (TPSA) is 89.7 Å². The number of likely N-dealkylation sites (N-methyl/N-ethyl adjacent to an activating group) is 1. The monoisotopic (exact) mass is 306 g/mol. The summed E-state index contributed by atoms with van der Waals surface area (Å²) < 4.78 is 5.14. The summed E-state index contributed by atoms with van der Waals surface area (Å²) in [6.07, 6.45) is 1.65. The number of hydrogen-bond acceptors (Lipinski definition) is 5. The highest BCUT2D eigenvalue weighted by atomic mass is 32.2. The summed E-state index contributed by atoms with van der Waals surface area (Å²) in [5.41, 5.74) is 5.75. The summed E-state index contributed by atoms with van der Waals surface area (Å²) in [7, 11) is 0. The van der Waals surface area contributed by atoms with E-state index in [0.717, 1.165) is 17.3 Å². The van der Waals surface area contributed by atoms with Crippen molar-refractivity contribution in [1.29, 1.82) is 0 Å². The molecule has 1 aliphatic rings. The van der Waals surface area contributed by atoms with E-state index in [1.165, 1.54) is 4.90 Å². The number of rotatable bonds is 5. The fraction of sp³-hybridized carbons (Fsp3) is 0.214. The van der Waals surface area contributed by atoms with Crippen molar-refractivity contribution in [3.8, 4) is 5.75 Å². The minimum atomic E-state index is -0.549. The van der Waals surface area contributed by atoms with Gasteiger partial charge in [-0.25, -0.2) is 0 Å². The van der Waals surface area contributed by atoms with E-state index in [2.05, 4.69) is 0 Å². The van der Waals surface area contributed by atoms with E-state index in [-0.39, 0.29) is 17.8 Å². The fourth-order valence-corrected chi connectivity index (χ4v) is 2.64. The molecule has 0 aliphatic carbocycles. The Morgan fingerprint density at radius 1 is 1.33 bits per heavy atom. The molecule has 1 heterocycles. The highest BCUT2D eigenvalue weighted by Crippen LogP contribution is 2.32. The van der Waals surface area contributed by atoms with Gasteiger partial charge in [0.25, 0.3) is 17.1 Å². The first-order chi connectivity index (χ1) is 10.0. The number of amides is 3. The van der Waals surface area contributed by atoms with Gasteiger partial charge in [-0.1, -0.05) is 12.1 Å². The Balaban J connectivity index is 2.09. The van der Waals surface area contributed by atoms with Crippen LogP contribution in [0.5, 0.6) is 5.75 Å². The van der Waals surface area contributed by atoms with Gasteiger partial charge in [-0.2, -0.15) is 0 Å². The molecule has 0 unspecified atom stereocenters. The van der Waals surface area contributed by atoms with Gasteiger partial charge in [0.05, 0.1) is 4.91 Å². The van der Waals surface area contributed by atoms with Gasteiger partial charge in [0.2, 0.25) is 0 Å². The van der Waals surface area contributed by atoms with Crippen LogP contribution in [-0.4, -0.2) is 35.1 Å². The minimum absolute atomic E-state index is 0.186. The van der Waals surface area contributed by atoms with Gasteiger partial charge in [-0.05, 0) is 42.5 Å². The smallest absolute Gasteiger partial charge is 0.293 e. The maximum Gasteiger partial charge on any atom is 0.293 e. The van der Waals surface area contributed by atoms with Crippen LogP contribution in [0.2, 0.25) is 0 Å². The predicted molar refractivity (Wildman–Crippen MR) is 79.5 cm³/mol. The first kappa shape index (κ1) is 15.1. The average molecular weight is 306 g/mol. The Labute approximate surface area is 125 Å². The maximum atomic E-state index is 11.9. The molecule has 2 N–H and O–H groups in total. The second kappa shape index (κ2) is 6.45.